The molecule has 0 radical (unpaired) electrons. The molecule has 9 N–H and O–H groups in total. The molecule has 0 spiro atoms. The predicted molar refractivity (Wildman–Crippen MR) is 304 cm³/mol. The maximum atomic E-state index is 13.0. The molecule has 2 heterocycles. The SMILES string of the molecule is O=C(Cc1ccc(C(=O)c2ccccc2)cc1)OCCN(CCO)c1nc(Nc2ccccc2)nc(Nc2ccc(/C=C/c3ccc(Nc4nc(Nc5ccccc5)nc(N(CCO)CCO)n4)cc3S(=O)(=O)O)c(S(=O)(=O)O)c2)n1. The monoisotopic (exact) mass is 1140 g/mol. The summed E-state index contributed by atoms with van der Waals surface area (Å²) < 4.78 is 78.1. The second-order valence-corrected chi connectivity index (χ2v) is 20.3. The number of ketones is 1. The molecule has 418 valence electrons. The Morgan fingerprint density at radius 3 is 1.26 bits per heavy atom. The van der Waals surface area contributed by atoms with Crippen molar-refractivity contribution >= 4 is 103 Å². The van der Waals surface area contributed by atoms with E-state index in [0.29, 0.717) is 28.1 Å². The highest BCUT2D eigenvalue weighted by atomic mass is 32.2. The van der Waals surface area contributed by atoms with Crippen LogP contribution in [0.3, 0.4) is 0 Å². The third kappa shape index (κ3) is 16.4. The maximum absolute atomic E-state index is 13.0. The van der Waals surface area contributed by atoms with Gasteiger partial charge in [0.2, 0.25) is 35.7 Å². The van der Waals surface area contributed by atoms with Crippen LogP contribution in [0, 0.1) is 0 Å². The van der Waals surface area contributed by atoms with Crippen LogP contribution >= 0.6 is 0 Å². The van der Waals surface area contributed by atoms with E-state index < -0.39 is 36.0 Å². The fourth-order valence-corrected chi connectivity index (χ4v) is 9.34. The summed E-state index contributed by atoms with van der Waals surface area (Å²) in [6.45, 7) is -0.955. The number of esters is 1. The molecule has 8 rings (SSSR count). The number of carbonyl (C=O) groups is 2. The quantitative estimate of drug-likeness (QED) is 0.0118. The van der Waals surface area contributed by atoms with E-state index >= 15 is 0 Å². The fraction of sp³-hybridized carbons (Fsp3) is 0.164. The number of hydrogen-bond donors (Lipinski definition) is 9. The van der Waals surface area contributed by atoms with Crippen molar-refractivity contribution in [2.45, 2.75) is 16.2 Å². The second-order valence-electron chi connectivity index (χ2n) is 17.5. The van der Waals surface area contributed by atoms with E-state index in [1.807, 2.05) is 18.2 Å². The fourth-order valence-electron chi connectivity index (χ4n) is 7.92. The summed E-state index contributed by atoms with van der Waals surface area (Å²) in [4.78, 5) is 54.4. The Kier molecular flexibility index (Phi) is 19.3. The minimum atomic E-state index is -4.99. The zero-order valence-corrected chi connectivity index (χ0v) is 44.6. The standard InChI is InChI=1S/C55H54N12O12S2/c68-30-26-66(27-31-69)54-62-50(56-42-12-6-2-7-13-42)60-52(64-54)58-44-24-22-38(46(35-44)80(73,74)75)20-21-39-23-25-45(36-47(39)81(76,77)78)59-53-61-51(57-43-14-8-3-9-15-43)63-55(65-53)67(28-32-70)29-33-79-48(71)34-37-16-18-41(19-17-37)49(72)40-10-4-1-5-11-40/h1-25,35-36,68-70H,26-34H2,(H,73,74,75)(H,76,77,78)(H2,56,58,60,62,64)(H2,57,59,61,63,65)/b21-20+. The number of nitrogens with zero attached hydrogens (tertiary/aromatic N) is 8. The lowest BCUT2D eigenvalue weighted by Gasteiger charge is -2.22. The first-order valence-corrected chi connectivity index (χ1v) is 27.7. The van der Waals surface area contributed by atoms with E-state index in [-0.39, 0.29) is 123 Å². The minimum Gasteiger partial charge on any atom is -0.464 e. The van der Waals surface area contributed by atoms with Crippen LogP contribution in [0.1, 0.15) is 32.6 Å². The molecule has 0 amide bonds. The van der Waals surface area contributed by atoms with Gasteiger partial charge >= 0.3 is 5.97 Å². The highest BCUT2D eigenvalue weighted by Gasteiger charge is 2.22. The van der Waals surface area contributed by atoms with Gasteiger partial charge in [0.1, 0.15) is 16.4 Å². The molecule has 0 saturated carbocycles. The summed E-state index contributed by atoms with van der Waals surface area (Å²) in [5.74, 6) is -0.724. The lowest BCUT2D eigenvalue weighted by molar-refractivity contribution is -0.142. The van der Waals surface area contributed by atoms with Gasteiger partial charge in [0.05, 0.1) is 32.8 Å². The highest BCUT2D eigenvalue weighted by molar-refractivity contribution is 7.86. The summed E-state index contributed by atoms with van der Waals surface area (Å²) in [6, 6.07) is 41.0. The van der Waals surface area contributed by atoms with Crippen molar-refractivity contribution in [2.75, 3.05) is 83.7 Å². The number of hydrogen-bond acceptors (Lipinski definition) is 22. The molecule has 0 fully saturated rings. The largest absolute Gasteiger partial charge is 0.464 e. The van der Waals surface area contributed by atoms with Crippen molar-refractivity contribution in [3.8, 4) is 0 Å². The van der Waals surface area contributed by atoms with Crippen molar-refractivity contribution in [1.82, 2.24) is 29.9 Å². The van der Waals surface area contributed by atoms with Crippen molar-refractivity contribution in [3.05, 3.63) is 179 Å². The molecule has 0 unspecified atom stereocenters. The molecule has 0 atom stereocenters. The number of aromatic nitrogens is 6. The molecule has 0 aliphatic rings. The van der Waals surface area contributed by atoms with Gasteiger partial charge in [-0.25, -0.2) is 0 Å². The van der Waals surface area contributed by atoms with Gasteiger partial charge in [0.15, 0.2) is 5.78 Å². The highest BCUT2D eigenvalue weighted by Crippen LogP contribution is 2.30. The summed E-state index contributed by atoms with van der Waals surface area (Å²) >= 11 is 0. The molecule has 8 aromatic rings. The van der Waals surface area contributed by atoms with Gasteiger partial charge in [0.25, 0.3) is 20.2 Å². The smallest absolute Gasteiger partial charge is 0.310 e. The molecule has 0 aliphatic heterocycles. The number of ether oxygens (including phenoxy) is 1. The number of aliphatic hydroxyl groups is 3. The Morgan fingerprint density at radius 2 is 0.852 bits per heavy atom. The number of carbonyl (C=O) groups excluding carboxylic acids is 2. The maximum Gasteiger partial charge on any atom is 0.310 e. The van der Waals surface area contributed by atoms with E-state index in [0.717, 1.165) is 12.1 Å². The lowest BCUT2D eigenvalue weighted by Crippen LogP contribution is -2.33. The third-order valence-corrected chi connectivity index (χ3v) is 13.6. The van der Waals surface area contributed by atoms with Gasteiger partial charge < -0.3 is 51.1 Å². The van der Waals surface area contributed by atoms with Crippen LogP contribution in [0.2, 0.25) is 0 Å². The molecule has 6 aromatic carbocycles. The first-order chi connectivity index (χ1) is 39.0. The molecule has 24 nitrogen and oxygen atoms in total. The summed E-state index contributed by atoms with van der Waals surface area (Å²) in [7, 11) is -9.94. The van der Waals surface area contributed by atoms with E-state index in [1.54, 1.807) is 102 Å². The summed E-state index contributed by atoms with van der Waals surface area (Å²) in [5, 5.41) is 41.4. The summed E-state index contributed by atoms with van der Waals surface area (Å²) in [5.41, 5.74) is 2.82. The van der Waals surface area contributed by atoms with Crippen LogP contribution in [0.15, 0.2) is 161 Å². The number of para-hydroxylation sites is 2. The van der Waals surface area contributed by atoms with Crippen molar-refractivity contribution in [2.24, 2.45) is 0 Å². The molecule has 81 heavy (non-hydrogen) atoms. The van der Waals surface area contributed by atoms with Crippen LogP contribution in [0.4, 0.5) is 58.4 Å². The van der Waals surface area contributed by atoms with Gasteiger partial charge in [-0.2, -0.15) is 46.7 Å². The molecular weight excluding hydrogens is 1080 g/mol. The Labute approximate surface area is 465 Å². The van der Waals surface area contributed by atoms with Gasteiger partial charge in [0, 0.05) is 53.5 Å². The van der Waals surface area contributed by atoms with Crippen LogP contribution in [0.25, 0.3) is 12.2 Å². The van der Waals surface area contributed by atoms with E-state index in [9.17, 15) is 50.8 Å². The number of benzene rings is 6. The number of nitrogens with one attached hydrogen (secondary N) is 4. The number of aliphatic hydroxyl groups excluding tert-OH is 3. The van der Waals surface area contributed by atoms with Gasteiger partial charge in [-0.15, -0.1) is 0 Å². The predicted octanol–water partition coefficient (Wildman–Crippen LogP) is 6.30. The molecule has 0 aliphatic carbocycles. The van der Waals surface area contributed by atoms with Crippen molar-refractivity contribution in [1.29, 1.82) is 0 Å². The average molecular weight is 1140 g/mol. The van der Waals surface area contributed by atoms with Crippen LogP contribution in [-0.4, -0.2) is 136 Å². The van der Waals surface area contributed by atoms with Gasteiger partial charge in [-0.3, -0.25) is 18.7 Å². The molecule has 0 bridgehead atoms. The average Bonchev–Trinajstić information content (AvgIpc) is 3.45. The van der Waals surface area contributed by atoms with Crippen LogP contribution in [0.5, 0.6) is 0 Å². The Morgan fingerprint density at radius 1 is 0.469 bits per heavy atom. The zero-order chi connectivity index (χ0) is 57.4. The lowest BCUT2D eigenvalue weighted by atomic mass is 10.0. The molecular formula is C55H54N12O12S2. The zero-order valence-electron chi connectivity index (χ0n) is 42.9. The van der Waals surface area contributed by atoms with E-state index in [2.05, 4.69) is 51.2 Å². The number of anilines is 10. The first-order valence-electron chi connectivity index (χ1n) is 24.8. The van der Waals surface area contributed by atoms with E-state index in [4.69, 9.17) is 4.74 Å². The van der Waals surface area contributed by atoms with Crippen molar-refractivity contribution in [3.63, 3.8) is 0 Å². The van der Waals surface area contributed by atoms with Crippen LogP contribution in [-0.2, 0) is 36.2 Å². The third-order valence-electron chi connectivity index (χ3n) is 11.7. The summed E-state index contributed by atoms with van der Waals surface area (Å²) in [6.07, 6.45) is 2.35. The Balaban J connectivity index is 1.01. The topological polar surface area (TPSA) is 345 Å². The van der Waals surface area contributed by atoms with Gasteiger partial charge in [-0.05, 0) is 65.2 Å². The Hall–Kier alpha value is -9.28. The van der Waals surface area contributed by atoms with Crippen molar-refractivity contribution < 1.29 is 55.6 Å². The van der Waals surface area contributed by atoms with Gasteiger partial charge in [-0.1, -0.05) is 115 Å². The molecule has 26 heteroatoms. The molecule has 0 saturated heterocycles. The van der Waals surface area contributed by atoms with Crippen LogP contribution < -0.4 is 31.1 Å². The number of rotatable bonds is 27. The van der Waals surface area contributed by atoms with E-state index in [1.165, 1.54) is 41.3 Å². The first kappa shape index (κ1) is 57.9. The minimum absolute atomic E-state index is 0.0139. The normalized spacial score (nSPS) is 11.5. The second kappa shape index (κ2) is 27.1. The Bertz CT molecular complexity index is 3720. The molecule has 2 aromatic heterocycles.